The van der Waals surface area contributed by atoms with E-state index in [1.165, 1.54) is 11.3 Å². The van der Waals surface area contributed by atoms with E-state index in [0.29, 0.717) is 5.13 Å². The van der Waals surface area contributed by atoms with Crippen molar-refractivity contribution in [2.75, 3.05) is 5.32 Å². The molecule has 6 heteroatoms. The fraction of sp³-hybridized carbons (Fsp3) is 0.235. The van der Waals surface area contributed by atoms with Crippen molar-refractivity contribution < 1.29 is 9.59 Å². The van der Waals surface area contributed by atoms with Gasteiger partial charge < -0.3 is 5.32 Å². The topological polar surface area (TPSA) is 64.0 Å². The summed E-state index contributed by atoms with van der Waals surface area (Å²) in [5.74, 6) is -0.281. The van der Waals surface area contributed by atoms with Crippen molar-refractivity contribution >= 4 is 39.2 Å². The summed E-state index contributed by atoms with van der Waals surface area (Å²) in [5, 5.41) is 4.35. The van der Waals surface area contributed by atoms with Crippen LogP contribution in [0.5, 0.6) is 0 Å². The van der Waals surface area contributed by atoms with Gasteiger partial charge in [0.1, 0.15) is 0 Å². The van der Waals surface area contributed by atoms with Crippen LogP contribution in [0.3, 0.4) is 0 Å². The van der Waals surface area contributed by atoms with E-state index >= 15 is 0 Å². The van der Waals surface area contributed by atoms with Gasteiger partial charge in [-0.1, -0.05) is 18.2 Å². The van der Waals surface area contributed by atoms with Gasteiger partial charge in [0.2, 0.25) is 11.8 Å². The number of benzene rings is 1. The lowest BCUT2D eigenvalue weighted by molar-refractivity contribution is -0.116. The summed E-state index contributed by atoms with van der Waals surface area (Å²) < 4.78 is 1.60. The molecule has 0 aliphatic rings. The molecule has 0 saturated heterocycles. The number of nitrogens with one attached hydrogen (secondary N) is 1. The highest BCUT2D eigenvalue weighted by atomic mass is 32.1. The molecule has 0 atom stereocenters. The largest absolute Gasteiger partial charge is 0.302 e. The van der Waals surface area contributed by atoms with E-state index in [4.69, 9.17) is 0 Å². The normalized spacial score (nSPS) is 10.9. The number of hydrogen-bond donors (Lipinski definition) is 1. The van der Waals surface area contributed by atoms with Gasteiger partial charge in [-0.3, -0.25) is 14.2 Å². The maximum absolute atomic E-state index is 12.3. The second-order valence-electron chi connectivity index (χ2n) is 5.35. The lowest BCUT2D eigenvalue weighted by Crippen LogP contribution is -2.16. The van der Waals surface area contributed by atoms with Crippen LogP contribution < -0.4 is 5.32 Å². The number of para-hydroxylation sites is 1. The molecule has 0 saturated carbocycles. The zero-order valence-electron chi connectivity index (χ0n) is 13.0. The van der Waals surface area contributed by atoms with Gasteiger partial charge in [-0.05, 0) is 26.0 Å². The molecule has 0 bridgehead atoms. The third kappa shape index (κ3) is 3.32. The van der Waals surface area contributed by atoms with Crippen LogP contribution in [0.15, 0.2) is 36.5 Å². The van der Waals surface area contributed by atoms with Crippen molar-refractivity contribution in [2.45, 2.75) is 26.7 Å². The summed E-state index contributed by atoms with van der Waals surface area (Å²) in [6.07, 6.45) is 2.05. The number of nitrogens with zero attached hydrogens (tertiary/aromatic N) is 2. The van der Waals surface area contributed by atoms with Gasteiger partial charge >= 0.3 is 0 Å². The molecule has 0 fully saturated rings. The van der Waals surface area contributed by atoms with E-state index in [0.717, 1.165) is 21.5 Å². The summed E-state index contributed by atoms with van der Waals surface area (Å²) in [5.41, 5.74) is 1.78. The van der Waals surface area contributed by atoms with Crippen LogP contribution in [0.4, 0.5) is 5.13 Å². The fourth-order valence-corrected chi connectivity index (χ4v) is 3.18. The minimum atomic E-state index is -0.191. The number of aryl methyl sites for hydroxylation is 2. The number of rotatable bonds is 4. The number of amides is 1. The number of thiazole rings is 1. The summed E-state index contributed by atoms with van der Waals surface area (Å²) >= 11 is 1.44. The standard InChI is InChI=1S/C17H17N3O2S/c1-11-12(2)23-17(18-11)19-15(21)7-8-16(22)20-10-9-13-5-3-4-6-14(13)20/h3-6,9-10H,7-8H2,1-2H3,(H,18,19,21). The van der Waals surface area contributed by atoms with E-state index in [9.17, 15) is 9.59 Å². The molecule has 0 spiro atoms. The number of hydrogen-bond acceptors (Lipinski definition) is 4. The molecule has 1 N–H and O–H groups in total. The fourth-order valence-electron chi connectivity index (χ4n) is 2.35. The quantitative estimate of drug-likeness (QED) is 0.793. The molecular formula is C17H17N3O2S. The van der Waals surface area contributed by atoms with E-state index in [1.54, 1.807) is 10.8 Å². The van der Waals surface area contributed by atoms with Crippen LogP contribution in [0.1, 0.15) is 28.2 Å². The lowest BCUT2D eigenvalue weighted by atomic mass is 10.2. The van der Waals surface area contributed by atoms with Gasteiger partial charge in [-0.2, -0.15) is 0 Å². The van der Waals surface area contributed by atoms with Crippen LogP contribution in [0.2, 0.25) is 0 Å². The van der Waals surface area contributed by atoms with E-state index in [1.807, 2.05) is 44.2 Å². The molecule has 1 aromatic carbocycles. The third-order valence-electron chi connectivity index (χ3n) is 3.71. The summed E-state index contributed by atoms with van der Waals surface area (Å²) in [4.78, 5) is 29.6. The Hall–Kier alpha value is -2.47. The average Bonchev–Trinajstić information content (AvgIpc) is 3.09. The number of carbonyl (C=O) groups excluding carboxylic acids is 2. The summed E-state index contributed by atoms with van der Waals surface area (Å²) in [6.45, 7) is 3.87. The van der Waals surface area contributed by atoms with Crippen molar-refractivity contribution in [3.63, 3.8) is 0 Å². The highest BCUT2D eigenvalue weighted by Gasteiger charge is 2.13. The van der Waals surface area contributed by atoms with Crippen LogP contribution >= 0.6 is 11.3 Å². The molecule has 118 valence electrons. The molecule has 0 radical (unpaired) electrons. The lowest BCUT2D eigenvalue weighted by Gasteiger charge is -2.04. The first-order valence-electron chi connectivity index (χ1n) is 7.38. The molecule has 2 heterocycles. The molecule has 0 aliphatic heterocycles. The molecule has 23 heavy (non-hydrogen) atoms. The highest BCUT2D eigenvalue weighted by molar-refractivity contribution is 7.15. The Morgan fingerprint density at radius 3 is 2.70 bits per heavy atom. The first kappa shape index (κ1) is 15.4. The number of fused-ring (bicyclic) bond motifs is 1. The van der Waals surface area contributed by atoms with Crippen LogP contribution in [0.25, 0.3) is 10.9 Å². The van der Waals surface area contributed by atoms with E-state index in [2.05, 4.69) is 10.3 Å². The Bertz CT molecular complexity index is 859. The molecule has 0 unspecified atom stereocenters. The second-order valence-corrected chi connectivity index (χ2v) is 6.55. The van der Waals surface area contributed by atoms with Gasteiger partial charge in [0.25, 0.3) is 0 Å². The molecule has 2 aromatic heterocycles. The molecule has 3 aromatic rings. The predicted molar refractivity (Wildman–Crippen MR) is 92.0 cm³/mol. The van der Waals surface area contributed by atoms with Crippen molar-refractivity contribution in [2.24, 2.45) is 0 Å². The first-order chi connectivity index (χ1) is 11.0. The Balaban J connectivity index is 1.61. The molecule has 3 rings (SSSR count). The van der Waals surface area contributed by atoms with Crippen molar-refractivity contribution in [3.8, 4) is 0 Å². The van der Waals surface area contributed by atoms with Gasteiger partial charge in [0.15, 0.2) is 5.13 Å². The zero-order valence-corrected chi connectivity index (χ0v) is 13.8. The minimum absolute atomic E-state index is 0.0900. The Kier molecular flexibility index (Phi) is 4.25. The molecular weight excluding hydrogens is 310 g/mol. The number of carbonyl (C=O) groups is 2. The van der Waals surface area contributed by atoms with Crippen LogP contribution in [-0.4, -0.2) is 21.4 Å². The second kappa shape index (κ2) is 6.34. The maximum Gasteiger partial charge on any atom is 0.231 e. The molecule has 0 aliphatic carbocycles. The average molecular weight is 327 g/mol. The van der Waals surface area contributed by atoms with Gasteiger partial charge in [0.05, 0.1) is 11.2 Å². The predicted octanol–water partition coefficient (Wildman–Crippen LogP) is 3.77. The molecule has 5 nitrogen and oxygen atoms in total. The molecule has 1 amide bonds. The number of anilines is 1. The Labute approximate surface area is 138 Å². The summed E-state index contributed by atoms with van der Waals surface area (Å²) in [6, 6.07) is 9.58. The van der Waals surface area contributed by atoms with Gasteiger partial charge in [0, 0.05) is 29.3 Å². The number of aromatic nitrogens is 2. The van der Waals surface area contributed by atoms with Crippen molar-refractivity contribution in [3.05, 3.63) is 47.1 Å². The van der Waals surface area contributed by atoms with Gasteiger partial charge in [-0.25, -0.2) is 4.98 Å². The summed E-state index contributed by atoms with van der Waals surface area (Å²) in [7, 11) is 0. The van der Waals surface area contributed by atoms with Crippen LogP contribution in [0, 0.1) is 13.8 Å². The smallest absolute Gasteiger partial charge is 0.231 e. The van der Waals surface area contributed by atoms with Crippen molar-refractivity contribution in [1.82, 2.24) is 9.55 Å². The zero-order chi connectivity index (χ0) is 16.4. The minimum Gasteiger partial charge on any atom is -0.302 e. The monoisotopic (exact) mass is 327 g/mol. The maximum atomic E-state index is 12.3. The van der Waals surface area contributed by atoms with E-state index in [-0.39, 0.29) is 24.7 Å². The first-order valence-corrected chi connectivity index (χ1v) is 8.19. The highest BCUT2D eigenvalue weighted by Crippen LogP contribution is 2.21. The Morgan fingerprint density at radius 1 is 1.17 bits per heavy atom. The van der Waals surface area contributed by atoms with Crippen LogP contribution in [-0.2, 0) is 4.79 Å². The Morgan fingerprint density at radius 2 is 1.96 bits per heavy atom. The van der Waals surface area contributed by atoms with Gasteiger partial charge in [-0.15, -0.1) is 11.3 Å². The third-order valence-corrected chi connectivity index (χ3v) is 4.70. The van der Waals surface area contributed by atoms with E-state index < -0.39 is 0 Å². The van der Waals surface area contributed by atoms with Crippen molar-refractivity contribution in [1.29, 1.82) is 0 Å². The SMILES string of the molecule is Cc1nc(NC(=O)CCC(=O)n2ccc3ccccc32)sc1C.